The molecule has 1 aliphatic rings. The summed E-state index contributed by atoms with van der Waals surface area (Å²) in [5, 5.41) is 2.51. The molecule has 160 valence electrons. The second kappa shape index (κ2) is 9.03. The average Bonchev–Trinajstić information content (AvgIpc) is 2.76. The molecule has 0 aromatic heterocycles. The monoisotopic (exact) mass is 450 g/mol. The lowest BCUT2D eigenvalue weighted by Crippen LogP contribution is -2.54. The van der Waals surface area contributed by atoms with Gasteiger partial charge in [-0.2, -0.15) is 0 Å². The number of benzene rings is 3. The van der Waals surface area contributed by atoms with Crippen molar-refractivity contribution in [2.75, 3.05) is 4.90 Å². The highest BCUT2D eigenvalue weighted by Crippen LogP contribution is 2.25. The lowest BCUT2D eigenvalue weighted by Gasteiger charge is -2.26. The van der Waals surface area contributed by atoms with E-state index in [1.807, 2.05) is 0 Å². The number of rotatable bonds is 5. The van der Waals surface area contributed by atoms with Crippen molar-refractivity contribution in [1.29, 1.82) is 0 Å². The molecule has 0 saturated carbocycles. The van der Waals surface area contributed by atoms with Crippen LogP contribution in [0.15, 0.2) is 78.4 Å². The van der Waals surface area contributed by atoms with E-state index in [1.54, 1.807) is 48.5 Å². The number of amides is 4. The zero-order chi connectivity index (χ0) is 22.7. The number of carbonyl (C=O) groups is 3. The molecule has 1 fully saturated rings. The first-order valence-corrected chi connectivity index (χ1v) is 9.93. The van der Waals surface area contributed by atoms with E-state index in [-0.39, 0.29) is 23.7 Å². The van der Waals surface area contributed by atoms with Crippen LogP contribution in [0.1, 0.15) is 11.1 Å². The van der Waals surface area contributed by atoms with Gasteiger partial charge in [0.05, 0.1) is 5.69 Å². The molecule has 6 nitrogen and oxygen atoms in total. The van der Waals surface area contributed by atoms with Crippen molar-refractivity contribution in [3.8, 4) is 5.75 Å². The third-order valence-corrected chi connectivity index (χ3v) is 4.87. The summed E-state index contributed by atoms with van der Waals surface area (Å²) in [5.74, 6) is -1.46. The van der Waals surface area contributed by atoms with Gasteiger partial charge in [-0.1, -0.05) is 41.9 Å². The van der Waals surface area contributed by atoms with E-state index >= 15 is 0 Å². The maximum Gasteiger partial charge on any atom is 0.335 e. The highest BCUT2D eigenvalue weighted by Gasteiger charge is 2.36. The van der Waals surface area contributed by atoms with Gasteiger partial charge in [-0.25, -0.2) is 14.1 Å². The molecular weight excluding hydrogens is 435 g/mol. The minimum atomic E-state index is -0.855. The first-order valence-electron chi connectivity index (χ1n) is 9.55. The predicted molar refractivity (Wildman–Crippen MR) is 118 cm³/mol. The van der Waals surface area contributed by atoms with Gasteiger partial charge in [0.1, 0.15) is 23.7 Å². The lowest BCUT2D eigenvalue weighted by molar-refractivity contribution is -0.122. The van der Waals surface area contributed by atoms with Gasteiger partial charge in [0.2, 0.25) is 0 Å². The number of carbonyl (C=O) groups excluding carboxylic acids is 3. The molecule has 32 heavy (non-hydrogen) atoms. The van der Waals surface area contributed by atoms with Crippen LogP contribution in [0.5, 0.6) is 5.75 Å². The summed E-state index contributed by atoms with van der Waals surface area (Å²) in [6.07, 6.45) is 1.37. The van der Waals surface area contributed by atoms with Crippen LogP contribution >= 0.6 is 11.6 Å². The molecule has 1 saturated heterocycles. The molecule has 0 unspecified atom stereocenters. The van der Waals surface area contributed by atoms with Crippen molar-refractivity contribution in [2.24, 2.45) is 0 Å². The van der Waals surface area contributed by atoms with Gasteiger partial charge in [0, 0.05) is 5.02 Å². The van der Waals surface area contributed by atoms with Crippen molar-refractivity contribution < 1.29 is 23.5 Å². The Bertz CT molecular complexity index is 1260. The summed E-state index contributed by atoms with van der Waals surface area (Å²) in [5.41, 5.74) is 1.20. The van der Waals surface area contributed by atoms with Gasteiger partial charge in [0.15, 0.2) is 0 Å². The van der Waals surface area contributed by atoms with Crippen molar-refractivity contribution in [2.45, 2.75) is 6.61 Å². The second-order valence-electron chi connectivity index (χ2n) is 6.93. The molecule has 8 heteroatoms. The van der Waals surface area contributed by atoms with Crippen LogP contribution in [-0.2, 0) is 16.2 Å². The summed E-state index contributed by atoms with van der Waals surface area (Å²) in [4.78, 5) is 38.4. The van der Waals surface area contributed by atoms with E-state index in [0.29, 0.717) is 21.9 Å². The average molecular weight is 451 g/mol. The molecular formula is C24H16ClFN2O4. The summed E-state index contributed by atoms with van der Waals surface area (Å²) < 4.78 is 19.0. The summed E-state index contributed by atoms with van der Waals surface area (Å²) in [6, 6.07) is 18.1. The Balaban J connectivity index is 1.58. The van der Waals surface area contributed by atoms with Crippen molar-refractivity contribution in [1.82, 2.24) is 5.32 Å². The maximum atomic E-state index is 13.3. The molecule has 4 amide bonds. The molecule has 0 atom stereocenters. The van der Waals surface area contributed by atoms with E-state index < -0.39 is 17.8 Å². The quantitative estimate of drug-likeness (QED) is 0.450. The number of halogens is 2. The minimum absolute atomic E-state index is 0.147. The third kappa shape index (κ3) is 4.68. The SMILES string of the molecule is O=C1NC(=O)N(c2cccc(Cl)c2)C(=O)/C1=C\c1cccc(OCc2cccc(F)c2)c1. The molecule has 3 aromatic carbocycles. The first-order chi connectivity index (χ1) is 15.4. The number of hydrogen-bond donors (Lipinski definition) is 1. The Hall–Kier alpha value is -3.97. The molecule has 0 bridgehead atoms. The standard InChI is InChI=1S/C24H16ClFN2O4/c25-17-6-3-8-19(13-17)28-23(30)21(22(29)27-24(28)31)12-15-4-2-9-20(11-15)32-14-16-5-1-7-18(26)10-16/h1-13H,14H2,(H,27,29,31)/b21-12-. The fourth-order valence-corrected chi connectivity index (χ4v) is 3.35. The fourth-order valence-electron chi connectivity index (χ4n) is 3.16. The van der Waals surface area contributed by atoms with E-state index in [9.17, 15) is 18.8 Å². The van der Waals surface area contributed by atoms with E-state index in [1.165, 1.54) is 30.3 Å². The molecule has 1 N–H and O–H groups in total. The van der Waals surface area contributed by atoms with Gasteiger partial charge in [-0.05, 0) is 59.7 Å². The summed E-state index contributed by atoms with van der Waals surface area (Å²) >= 11 is 5.97. The van der Waals surface area contributed by atoms with Gasteiger partial charge in [0.25, 0.3) is 11.8 Å². The molecule has 4 rings (SSSR count). The van der Waals surface area contributed by atoms with E-state index in [0.717, 1.165) is 4.90 Å². The molecule has 0 radical (unpaired) electrons. The zero-order valence-corrected chi connectivity index (χ0v) is 17.3. The number of anilines is 1. The Morgan fingerprint density at radius 1 is 0.969 bits per heavy atom. The van der Waals surface area contributed by atoms with Crippen molar-refractivity contribution in [3.63, 3.8) is 0 Å². The van der Waals surface area contributed by atoms with Crippen LogP contribution in [0.4, 0.5) is 14.9 Å². The normalized spacial score (nSPS) is 15.1. The number of urea groups is 1. The van der Waals surface area contributed by atoms with Gasteiger partial charge < -0.3 is 4.74 Å². The number of hydrogen-bond acceptors (Lipinski definition) is 4. The lowest BCUT2D eigenvalue weighted by atomic mass is 10.1. The van der Waals surface area contributed by atoms with Crippen LogP contribution in [0.25, 0.3) is 6.08 Å². The molecule has 0 spiro atoms. The molecule has 1 aliphatic heterocycles. The summed E-state index contributed by atoms with van der Waals surface area (Å²) in [7, 11) is 0. The predicted octanol–water partition coefficient (Wildman–Crippen LogP) is 4.72. The molecule has 1 heterocycles. The van der Waals surface area contributed by atoms with Crippen molar-refractivity contribution in [3.05, 3.63) is 100 Å². The van der Waals surface area contributed by atoms with Crippen LogP contribution < -0.4 is 15.0 Å². The topological polar surface area (TPSA) is 75.7 Å². The highest BCUT2D eigenvalue weighted by atomic mass is 35.5. The molecule has 3 aromatic rings. The maximum absolute atomic E-state index is 13.3. The Morgan fingerprint density at radius 3 is 2.53 bits per heavy atom. The Morgan fingerprint density at radius 2 is 1.75 bits per heavy atom. The third-order valence-electron chi connectivity index (χ3n) is 4.63. The van der Waals surface area contributed by atoms with Gasteiger partial charge in [-0.15, -0.1) is 0 Å². The number of nitrogens with one attached hydrogen (secondary N) is 1. The van der Waals surface area contributed by atoms with Crippen molar-refractivity contribution >= 4 is 41.2 Å². The fraction of sp³-hybridized carbons (Fsp3) is 0.0417. The number of imide groups is 2. The van der Waals surface area contributed by atoms with Crippen LogP contribution in [0, 0.1) is 5.82 Å². The van der Waals surface area contributed by atoms with E-state index in [2.05, 4.69) is 5.32 Å². The number of ether oxygens (including phenoxy) is 1. The number of nitrogens with zero attached hydrogens (tertiary/aromatic N) is 1. The summed E-state index contributed by atoms with van der Waals surface area (Å²) in [6.45, 7) is 0.147. The zero-order valence-electron chi connectivity index (χ0n) is 16.5. The number of barbiturate groups is 1. The Kier molecular flexibility index (Phi) is 6.00. The molecule has 0 aliphatic carbocycles. The first kappa shape index (κ1) is 21.3. The highest BCUT2D eigenvalue weighted by molar-refractivity contribution is 6.39. The smallest absolute Gasteiger partial charge is 0.335 e. The van der Waals surface area contributed by atoms with Gasteiger partial charge in [-0.3, -0.25) is 14.9 Å². The largest absolute Gasteiger partial charge is 0.489 e. The van der Waals surface area contributed by atoms with Crippen LogP contribution in [0.2, 0.25) is 5.02 Å². The van der Waals surface area contributed by atoms with E-state index in [4.69, 9.17) is 16.3 Å². The minimum Gasteiger partial charge on any atom is -0.489 e. The van der Waals surface area contributed by atoms with Crippen LogP contribution in [0.3, 0.4) is 0 Å². The second-order valence-corrected chi connectivity index (χ2v) is 7.37. The Labute approximate surface area is 187 Å². The van der Waals surface area contributed by atoms with Gasteiger partial charge >= 0.3 is 6.03 Å². The van der Waals surface area contributed by atoms with Crippen LogP contribution in [-0.4, -0.2) is 17.8 Å².